The van der Waals surface area contributed by atoms with Crippen molar-refractivity contribution >= 4 is 5.69 Å². The van der Waals surface area contributed by atoms with Gasteiger partial charge in [-0.3, -0.25) is 0 Å². The first-order valence-electron chi connectivity index (χ1n) is 5.71. The fourth-order valence-corrected chi connectivity index (χ4v) is 1.66. The van der Waals surface area contributed by atoms with Crippen LogP contribution in [-0.4, -0.2) is 45.7 Å². The number of ether oxygens (including phenoxy) is 1. The van der Waals surface area contributed by atoms with E-state index in [2.05, 4.69) is 43.0 Å². The molecule has 1 aromatic rings. The maximum absolute atomic E-state index is 5.38. The van der Waals surface area contributed by atoms with Gasteiger partial charge in [-0.15, -0.1) is 0 Å². The molecule has 0 aromatic heterocycles. The molecule has 0 aliphatic heterocycles. The molecular weight excluding hydrogens is 200 g/mol. The third-order valence-corrected chi connectivity index (χ3v) is 2.62. The van der Waals surface area contributed by atoms with Crippen LogP contribution in [0.2, 0.25) is 0 Å². The Labute approximate surface area is 98.6 Å². The summed E-state index contributed by atoms with van der Waals surface area (Å²) in [5, 5.41) is 0. The van der Waals surface area contributed by atoms with Crippen LogP contribution in [0.1, 0.15) is 6.92 Å². The Balaban J connectivity index is 2.77. The van der Waals surface area contributed by atoms with Crippen LogP contribution in [0, 0.1) is 0 Å². The lowest BCUT2D eigenvalue weighted by Gasteiger charge is -2.26. The number of rotatable bonds is 6. The highest BCUT2D eigenvalue weighted by atomic mass is 16.5. The van der Waals surface area contributed by atoms with Crippen LogP contribution in [-0.2, 0) is 0 Å². The molecular formula is C13H22N2O. The minimum absolute atomic E-state index is 0.947. The van der Waals surface area contributed by atoms with Crippen LogP contribution >= 0.6 is 0 Å². The van der Waals surface area contributed by atoms with Gasteiger partial charge in [0.15, 0.2) is 0 Å². The van der Waals surface area contributed by atoms with Crippen molar-refractivity contribution < 1.29 is 4.74 Å². The molecule has 0 amide bonds. The molecule has 0 N–H and O–H groups in total. The van der Waals surface area contributed by atoms with Gasteiger partial charge >= 0.3 is 0 Å². The second kappa shape index (κ2) is 6.38. The van der Waals surface area contributed by atoms with E-state index in [-0.39, 0.29) is 0 Å². The van der Waals surface area contributed by atoms with Crippen molar-refractivity contribution in [1.29, 1.82) is 0 Å². The first-order valence-corrected chi connectivity index (χ1v) is 5.71. The van der Waals surface area contributed by atoms with Crippen molar-refractivity contribution in [1.82, 2.24) is 4.90 Å². The lowest BCUT2D eigenvalue weighted by atomic mass is 10.2. The van der Waals surface area contributed by atoms with Gasteiger partial charge < -0.3 is 14.5 Å². The van der Waals surface area contributed by atoms with Crippen molar-refractivity contribution in [3.8, 4) is 5.75 Å². The van der Waals surface area contributed by atoms with E-state index < -0.39 is 0 Å². The molecule has 0 aliphatic carbocycles. The van der Waals surface area contributed by atoms with Crippen LogP contribution in [0.25, 0.3) is 0 Å². The van der Waals surface area contributed by atoms with Gasteiger partial charge in [-0.1, -0.05) is 12.1 Å². The first kappa shape index (κ1) is 12.8. The fourth-order valence-electron chi connectivity index (χ4n) is 1.66. The zero-order valence-corrected chi connectivity index (χ0v) is 10.7. The molecule has 0 radical (unpaired) electrons. The van der Waals surface area contributed by atoms with Gasteiger partial charge in [0.2, 0.25) is 0 Å². The van der Waals surface area contributed by atoms with Gasteiger partial charge in [-0.25, -0.2) is 0 Å². The predicted octanol–water partition coefficient (Wildman–Crippen LogP) is 2.08. The molecule has 3 nitrogen and oxygen atoms in total. The standard InChI is InChI=1S/C13H22N2O/c1-5-15(11-10-14(2)3)12-8-6-7-9-13(12)16-4/h6-9H,5,10-11H2,1-4H3. The SMILES string of the molecule is CCN(CCN(C)C)c1ccccc1OC. The Morgan fingerprint density at radius 1 is 1.12 bits per heavy atom. The van der Waals surface area contributed by atoms with Crippen molar-refractivity contribution in [2.24, 2.45) is 0 Å². The molecule has 0 saturated carbocycles. The second-order valence-electron chi connectivity index (χ2n) is 4.05. The topological polar surface area (TPSA) is 15.7 Å². The Morgan fingerprint density at radius 2 is 1.81 bits per heavy atom. The number of methoxy groups -OCH3 is 1. The summed E-state index contributed by atoms with van der Waals surface area (Å²) in [4.78, 5) is 4.52. The molecule has 0 heterocycles. The summed E-state index contributed by atoms with van der Waals surface area (Å²) in [6.07, 6.45) is 0. The molecule has 0 fully saturated rings. The van der Waals surface area contributed by atoms with E-state index >= 15 is 0 Å². The Hall–Kier alpha value is -1.22. The van der Waals surface area contributed by atoms with E-state index in [1.54, 1.807) is 7.11 Å². The number of nitrogens with zero attached hydrogens (tertiary/aromatic N) is 2. The van der Waals surface area contributed by atoms with Crippen molar-refractivity contribution in [2.75, 3.05) is 45.7 Å². The van der Waals surface area contributed by atoms with E-state index in [4.69, 9.17) is 4.74 Å². The van der Waals surface area contributed by atoms with Gasteiger partial charge in [0.1, 0.15) is 5.75 Å². The third kappa shape index (κ3) is 3.42. The molecule has 90 valence electrons. The Kier molecular flexibility index (Phi) is 5.12. The van der Waals surface area contributed by atoms with E-state index in [1.165, 1.54) is 5.69 Å². The smallest absolute Gasteiger partial charge is 0.142 e. The lowest BCUT2D eigenvalue weighted by Crippen LogP contribution is -2.31. The summed E-state index contributed by atoms with van der Waals surface area (Å²) in [6, 6.07) is 8.17. The van der Waals surface area contributed by atoms with E-state index in [0.717, 1.165) is 25.4 Å². The Bertz CT molecular complexity index is 313. The van der Waals surface area contributed by atoms with Gasteiger partial charge in [-0.05, 0) is 33.2 Å². The molecule has 1 aromatic carbocycles. The van der Waals surface area contributed by atoms with Crippen LogP contribution in [0.15, 0.2) is 24.3 Å². The highest BCUT2D eigenvalue weighted by Gasteiger charge is 2.09. The molecule has 0 unspecified atom stereocenters. The summed E-state index contributed by atoms with van der Waals surface area (Å²) in [7, 11) is 5.91. The summed E-state index contributed by atoms with van der Waals surface area (Å²) < 4.78 is 5.38. The minimum Gasteiger partial charge on any atom is -0.495 e. The molecule has 0 aliphatic rings. The average molecular weight is 222 g/mol. The molecule has 0 atom stereocenters. The average Bonchev–Trinajstić information content (AvgIpc) is 2.30. The van der Waals surface area contributed by atoms with Crippen LogP contribution in [0.4, 0.5) is 5.69 Å². The van der Waals surface area contributed by atoms with Gasteiger partial charge in [0.05, 0.1) is 12.8 Å². The molecule has 3 heteroatoms. The second-order valence-corrected chi connectivity index (χ2v) is 4.05. The largest absolute Gasteiger partial charge is 0.495 e. The zero-order valence-electron chi connectivity index (χ0n) is 10.7. The number of anilines is 1. The first-order chi connectivity index (χ1) is 7.69. The number of hydrogen-bond acceptors (Lipinski definition) is 3. The van der Waals surface area contributed by atoms with Crippen molar-refractivity contribution in [3.63, 3.8) is 0 Å². The molecule has 16 heavy (non-hydrogen) atoms. The number of hydrogen-bond donors (Lipinski definition) is 0. The summed E-state index contributed by atoms with van der Waals surface area (Å²) in [5.74, 6) is 0.947. The van der Waals surface area contributed by atoms with E-state index in [0.29, 0.717) is 0 Å². The number of benzene rings is 1. The van der Waals surface area contributed by atoms with Crippen LogP contribution < -0.4 is 9.64 Å². The van der Waals surface area contributed by atoms with Gasteiger partial charge in [0, 0.05) is 19.6 Å². The number of para-hydroxylation sites is 2. The van der Waals surface area contributed by atoms with Crippen molar-refractivity contribution in [3.05, 3.63) is 24.3 Å². The summed E-state index contributed by atoms with van der Waals surface area (Å²) in [6.45, 7) is 5.23. The molecule has 0 spiro atoms. The van der Waals surface area contributed by atoms with Crippen LogP contribution in [0.5, 0.6) is 5.75 Å². The third-order valence-electron chi connectivity index (χ3n) is 2.62. The van der Waals surface area contributed by atoms with Gasteiger partial charge in [0.25, 0.3) is 0 Å². The normalized spacial score (nSPS) is 10.6. The Morgan fingerprint density at radius 3 is 2.38 bits per heavy atom. The van der Waals surface area contributed by atoms with Gasteiger partial charge in [-0.2, -0.15) is 0 Å². The van der Waals surface area contributed by atoms with E-state index in [1.807, 2.05) is 12.1 Å². The number of likely N-dealkylation sites (N-methyl/N-ethyl adjacent to an activating group) is 2. The van der Waals surface area contributed by atoms with E-state index in [9.17, 15) is 0 Å². The fraction of sp³-hybridized carbons (Fsp3) is 0.538. The summed E-state index contributed by atoms with van der Waals surface area (Å²) in [5.41, 5.74) is 1.18. The quantitative estimate of drug-likeness (QED) is 0.733. The maximum Gasteiger partial charge on any atom is 0.142 e. The zero-order chi connectivity index (χ0) is 12.0. The summed E-state index contributed by atoms with van der Waals surface area (Å²) >= 11 is 0. The van der Waals surface area contributed by atoms with Crippen molar-refractivity contribution in [2.45, 2.75) is 6.92 Å². The maximum atomic E-state index is 5.38. The highest BCUT2D eigenvalue weighted by molar-refractivity contribution is 5.58. The molecule has 0 bridgehead atoms. The molecule has 1 rings (SSSR count). The minimum atomic E-state index is 0.947. The highest BCUT2D eigenvalue weighted by Crippen LogP contribution is 2.27. The van der Waals surface area contributed by atoms with Crippen LogP contribution in [0.3, 0.4) is 0 Å². The lowest BCUT2D eigenvalue weighted by molar-refractivity contribution is 0.403. The predicted molar refractivity (Wildman–Crippen MR) is 69.4 cm³/mol. The molecule has 0 saturated heterocycles. The monoisotopic (exact) mass is 222 g/mol.